The molecule has 2 fully saturated rings. The van der Waals surface area contributed by atoms with Crippen LogP contribution in [0.5, 0.6) is 5.75 Å². The van der Waals surface area contributed by atoms with Gasteiger partial charge in [0, 0.05) is 36.3 Å². The van der Waals surface area contributed by atoms with E-state index in [0.29, 0.717) is 35.4 Å². The summed E-state index contributed by atoms with van der Waals surface area (Å²) in [6.07, 6.45) is 12.3. The van der Waals surface area contributed by atoms with Gasteiger partial charge in [0.25, 0.3) is 5.91 Å². The molecule has 1 N–H and O–H groups in total. The van der Waals surface area contributed by atoms with Gasteiger partial charge in [-0.1, -0.05) is 0 Å². The zero-order valence-corrected chi connectivity index (χ0v) is 18.0. The summed E-state index contributed by atoms with van der Waals surface area (Å²) >= 11 is 0. The Hall–Kier alpha value is -3.46. The third-order valence-corrected chi connectivity index (χ3v) is 6.39. The number of carbonyl (C=O) groups is 1. The highest BCUT2D eigenvalue weighted by Gasteiger charge is 2.48. The highest BCUT2D eigenvalue weighted by molar-refractivity contribution is 6.07. The van der Waals surface area contributed by atoms with E-state index in [2.05, 4.69) is 15.4 Å². The summed E-state index contributed by atoms with van der Waals surface area (Å²) in [5.41, 5.74) is 3.31. The average Bonchev–Trinajstić information content (AvgIpc) is 3.56. The van der Waals surface area contributed by atoms with Gasteiger partial charge in [-0.15, -0.1) is 0 Å². The first-order chi connectivity index (χ1) is 15.5. The maximum Gasteiger partial charge on any atom is 0.261 e. The number of nitrogens with zero attached hydrogens (tertiary/aromatic N) is 5. The highest BCUT2D eigenvalue weighted by Crippen LogP contribution is 2.47. The lowest BCUT2D eigenvalue weighted by atomic mass is 9.85. The number of amides is 1. The van der Waals surface area contributed by atoms with Gasteiger partial charge in [0.1, 0.15) is 17.1 Å². The minimum atomic E-state index is -0.290. The number of pyridine rings is 1. The molecule has 1 aliphatic heterocycles. The Bertz CT molecular complexity index is 1330. The van der Waals surface area contributed by atoms with Crippen LogP contribution in [0.2, 0.25) is 0 Å². The number of nitrogens with one attached hydrogen (secondary N) is 1. The molecule has 1 saturated carbocycles. The number of carbonyl (C=O) groups excluding carboxylic acids is 1. The second-order valence-corrected chi connectivity index (χ2v) is 8.97. The summed E-state index contributed by atoms with van der Waals surface area (Å²) in [5.74, 6) is 0.206. The monoisotopic (exact) mass is 432 g/mol. The SMILES string of the molecule is CC(C)Oc1cc2nc([C@@]34CCC(C3)OC4)cn2cc1C(=O)Nc1cnn2cccnc12. The Morgan fingerprint density at radius 1 is 1.38 bits per heavy atom. The number of rotatable bonds is 5. The van der Waals surface area contributed by atoms with Gasteiger partial charge < -0.3 is 19.2 Å². The molecule has 32 heavy (non-hydrogen) atoms. The maximum absolute atomic E-state index is 13.3. The molecule has 2 atom stereocenters. The molecule has 1 aliphatic carbocycles. The molecule has 2 bridgehead atoms. The number of hydrogen-bond acceptors (Lipinski definition) is 6. The van der Waals surface area contributed by atoms with E-state index in [4.69, 9.17) is 14.5 Å². The number of ether oxygens (including phenoxy) is 2. The number of fused-ring (bicyclic) bond motifs is 4. The fourth-order valence-electron chi connectivity index (χ4n) is 4.83. The van der Waals surface area contributed by atoms with Crippen molar-refractivity contribution in [1.82, 2.24) is 24.0 Å². The molecule has 164 valence electrons. The smallest absolute Gasteiger partial charge is 0.261 e. The van der Waals surface area contributed by atoms with Gasteiger partial charge in [0.05, 0.1) is 36.3 Å². The molecule has 5 heterocycles. The summed E-state index contributed by atoms with van der Waals surface area (Å²) in [6, 6.07) is 3.62. The van der Waals surface area contributed by atoms with Gasteiger partial charge in [-0.2, -0.15) is 5.10 Å². The van der Waals surface area contributed by atoms with Gasteiger partial charge in [0.2, 0.25) is 0 Å². The third-order valence-electron chi connectivity index (χ3n) is 6.39. The van der Waals surface area contributed by atoms with Crippen LogP contribution in [0.3, 0.4) is 0 Å². The zero-order chi connectivity index (χ0) is 21.9. The summed E-state index contributed by atoms with van der Waals surface area (Å²) in [6.45, 7) is 4.59. The standard InChI is InChI=1S/C23H24N6O3/c1-14(2)32-18-8-20-27-19(23-5-4-15(9-23)31-13-23)12-28(20)11-16(18)22(30)26-17-10-25-29-7-3-6-24-21(17)29/h3,6-8,10-12,14-15H,4-5,9,13H2,1-2H3,(H,26,30)/t15?,23-/m0/s1. The van der Waals surface area contributed by atoms with E-state index in [0.717, 1.165) is 30.6 Å². The molecular formula is C23H24N6O3. The van der Waals surface area contributed by atoms with Crippen LogP contribution in [-0.4, -0.2) is 48.7 Å². The lowest BCUT2D eigenvalue weighted by Gasteiger charge is -2.22. The van der Waals surface area contributed by atoms with E-state index in [1.807, 2.05) is 30.5 Å². The van der Waals surface area contributed by atoms with E-state index in [9.17, 15) is 4.79 Å². The van der Waals surface area contributed by atoms with Crippen LogP contribution in [0.1, 0.15) is 49.2 Å². The van der Waals surface area contributed by atoms with E-state index < -0.39 is 0 Å². The number of aromatic nitrogens is 5. The normalized spacial score (nSPS) is 22.3. The fourth-order valence-corrected chi connectivity index (χ4v) is 4.83. The van der Waals surface area contributed by atoms with Crippen molar-refractivity contribution in [3.05, 3.63) is 54.4 Å². The van der Waals surface area contributed by atoms with Crippen LogP contribution in [0.4, 0.5) is 5.69 Å². The largest absolute Gasteiger partial charge is 0.490 e. The Kier molecular flexibility index (Phi) is 4.23. The molecule has 9 heteroatoms. The van der Waals surface area contributed by atoms with Crippen molar-refractivity contribution < 1.29 is 14.3 Å². The first kappa shape index (κ1) is 19.2. The topological polar surface area (TPSA) is 95.0 Å². The summed E-state index contributed by atoms with van der Waals surface area (Å²) in [7, 11) is 0. The third kappa shape index (κ3) is 3.03. The van der Waals surface area contributed by atoms with E-state index in [1.165, 1.54) is 0 Å². The minimum Gasteiger partial charge on any atom is -0.490 e. The van der Waals surface area contributed by atoms with Crippen molar-refractivity contribution in [1.29, 1.82) is 0 Å². The number of imidazole rings is 1. The van der Waals surface area contributed by atoms with E-state index in [-0.39, 0.29) is 17.4 Å². The van der Waals surface area contributed by atoms with Crippen LogP contribution >= 0.6 is 0 Å². The zero-order valence-electron chi connectivity index (χ0n) is 18.0. The maximum atomic E-state index is 13.3. The average molecular weight is 432 g/mol. The van der Waals surface area contributed by atoms with E-state index >= 15 is 0 Å². The number of anilines is 1. The molecule has 9 nitrogen and oxygen atoms in total. The van der Waals surface area contributed by atoms with Crippen molar-refractivity contribution in [2.45, 2.75) is 50.7 Å². The molecule has 1 saturated heterocycles. The first-order valence-corrected chi connectivity index (χ1v) is 10.9. The molecule has 0 spiro atoms. The van der Waals surface area contributed by atoms with Gasteiger partial charge in [-0.05, 0) is 39.2 Å². The van der Waals surface area contributed by atoms with Crippen molar-refractivity contribution in [3.63, 3.8) is 0 Å². The molecule has 1 unspecified atom stereocenters. The summed E-state index contributed by atoms with van der Waals surface area (Å²) < 4.78 is 15.4. The molecular weight excluding hydrogens is 408 g/mol. The molecule has 4 aromatic heterocycles. The fraction of sp³-hybridized carbons (Fsp3) is 0.391. The van der Waals surface area contributed by atoms with Gasteiger partial charge in [-0.3, -0.25) is 4.79 Å². The summed E-state index contributed by atoms with van der Waals surface area (Å²) in [4.78, 5) is 22.5. The van der Waals surface area contributed by atoms with Crippen LogP contribution in [-0.2, 0) is 10.2 Å². The molecule has 1 amide bonds. The lowest BCUT2D eigenvalue weighted by molar-refractivity contribution is 0.0692. The van der Waals surface area contributed by atoms with Crippen molar-refractivity contribution >= 4 is 22.9 Å². The van der Waals surface area contributed by atoms with Gasteiger partial charge >= 0.3 is 0 Å². The molecule has 2 aliphatic rings. The van der Waals surface area contributed by atoms with Crippen LogP contribution in [0, 0.1) is 0 Å². The Balaban J connectivity index is 1.39. The van der Waals surface area contributed by atoms with Gasteiger partial charge in [0.15, 0.2) is 5.65 Å². The molecule has 0 aromatic carbocycles. The summed E-state index contributed by atoms with van der Waals surface area (Å²) in [5, 5.41) is 7.16. The predicted molar refractivity (Wildman–Crippen MR) is 117 cm³/mol. The lowest BCUT2D eigenvalue weighted by Crippen LogP contribution is -2.25. The number of hydrogen-bond donors (Lipinski definition) is 1. The van der Waals surface area contributed by atoms with Crippen molar-refractivity contribution in [2.75, 3.05) is 11.9 Å². The second-order valence-electron chi connectivity index (χ2n) is 8.97. The van der Waals surface area contributed by atoms with Gasteiger partial charge in [-0.25, -0.2) is 14.5 Å². The predicted octanol–water partition coefficient (Wildman–Crippen LogP) is 3.24. The van der Waals surface area contributed by atoms with Crippen molar-refractivity contribution in [2.24, 2.45) is 0 Å². The Morgan fingerprint density at radius 3 is 3.03 bits per heavy atom. The minimum absolute atomic E-state index is 0.0130. The second kappa shape index (κ2) is 7.03. The Morgan fingerprint density at radius 2 is 2.28 bits per heavy atom. The van der Waals surface area contributed by atoms with Crippen LogP contribution in [0.25, 0.3) is 11.3 Å². The Labute approximate surface area is 184 Å². The molecule has 4 aromatic rings. The van der Waals surface area contributed by atoms with Crippen molar-refractivity contribution in [3.8, 4) is 5.75 Å². The molecule has 0 radical (unpaired) electrons. The van der Waals surface area contributed by atoms with Crippen LogP contribution < -0.4 is 10.1 Å². The first-order valence-electron chi connectivity index (χ1n) is 10.9. The highest BCUT2D eigenvalue weighted by atomic mass is 16.5. The van der Waals surface area contributed by atoms with Crippen LogP contribution in [0.15, 0.2) is 43.1 Å². The molecule has 6 rings (SSSR count). The van der Waals surface area contributed by atoms with E-state index in [1.54, 1.807) is 35.4 Å². The quantitative estimate of drug-likeness (QED) is 0.520.